The molecule has 0 unspecified atom stereocenters. The molecule has 0 aromatic heterocycles. The number of aliphatic hydroxyl groups is 1. The zero-order valence-corrected chi connectivity index (χ0v) is 14.5. The Morgan fingerprint density at radius 3 is 2.44 bits per heavy atom. The Morgan fingerprint density at radius 1 is 1.12 bits per heavy atom. The molecule has 1 saturated heterocycles. The molecule has 0 saturated carbocycles. The SMILES string of the molecule is CC(=O)Nc1ccc(N[C@H]2CCN(Cc3ccccc3)C[C@@H]2O)cc1. The quantitative estimate of drug-likeness (QED) is 0.784. The van der Waals surface area contributed by atoms with E-state index in [4.69, 9.17) is 0 Å². The largest absolute Gasteiger partial charge is 0.390 e. The number of hydrogen-bond donors (Lipinski definition) is 3. The lowest BCUT2D eigenvalue weighted by Crippen LogP contribution is -2.49. The highest BCUT2D eigenvalue weighted by Crippen LogP contribution is 2.20. The zero-order chi connectivity index (χ0) is 17.6. The fourth-order valence-electron chi connectivity index (χ4n) is 3.22. The van der Waals surface area contributed by atoms with Crippen LogP contribution >= 0.6 is 0 Å². The van der Waals surface area contributed by atoms with Crippen LogP contribution in [0.1, 0.15) is 18.9 Å². The van der Waals surface area contributed by atoms with Crippen LogP contribution in [0.5, 0.6) is 0 Å². The van der Waals surface area contributed by atoms with Gasteiger partial charge < -0.3 is 15.7 Å². The maximum atomic E-state index is 11.1. The minimum atomic E-state index is -0.410. The smallest absolute Gasteiger partial charge is 0.221 e. The van der Waals surface area contributed by atoms with E-state index in [1.807, 2.05) is 42.5 Å². The summed E-state index contributed by atoms with van der Waals surface area (Å²) in [6, 6.07) is 18.0. The molecule has 1 heterocycles. The molecule has 3 N–H and O–H groups in total. The number of amides is 1. The summed E-state index contributed by atoms with van der Waals surface area (Å²) in [7, 11) is 0. The van der Waals surface area contributed by atoms with E-state index in [0.29, 0.717) is 6.54 Å². The number of nitrogens with zero attached hydrogens (tertiary/aromatic N) is 1. The molecule has 5 nitrogen and oxygen atoms in total. The van der Waals surface area contributed by atoms with Gasteiger partial charge in [0.25, 0.3) is 0 Å². The third kappa shape index (κ3) is 5.05. The molecule has 2 aromatic rings. The molecule has 25 heavy (non-hydrogen) atoms. The lowest BCUT2D eigenvalue weighted by molar-refractivity contribution is -0.114. The van der Waals surface area contributed by atoms with Crippen molar-refractivity contribution in [2.45, 2.75) is 32.0 Å². The number of aliphatic hydroxyl groups excluding tert-OH is 1. The van der Waals surface area contributed by atoms with Crippen molar-refractivity contribution >= 4 is 17.3 Å². The second-order valence-electron chi connectivity index (χ2n) is 6.59. The molecule has 0 aliphatic carbocycles. The number of nitrogens with one attached hydrogen (secondary N) is 2. The van der Waals surface area contributed by atoms with E-state index in [2.05, 4.69) is 27.7 Å². The summed E-state index contributed by atoms with van der Waals surface area (Å²) in [5.74, 6) is -0.0816. The lowest BCUT2D eigenvalue weighted by atomic mass is 10.0. The van der Waals surface area contributed by atoms with E-state index in [0.717, 1.165) is 30.9 Å². The fraction of sp³-hybridized carbons (Fsp3) is 0.350. The van der Waals surface area contributed by atoms with E-state index in [-0.39, 0.29) is 11.9 Å². The summed E-state index contributed by atoms with van der Waals surface area (Å²) in [4.78, 5) is 13.3. The van der Waals surface area contributed by atoms with E-state index >= 15 is 0 Å². The normalized spacial score (nSPS) is 20.9. The molecule has 1 aliphatic rings. The van der Waals surface area contributed by atoms with Crippen molar-refractivity contribution in [2.24, 2.45) is 0 Å². The van der Waals surface area contributed by atoms with Crippen LogP contribution < -0.4 is 10.6 Å². The summed E-state index contributed by atoms with van der Waals surface area (Å²) < 4.78 is 0. The number of benzene rings is 2. The van der Waals surface area contributed by atoms with Gasteiger partial charge in [-0.1, -0.05) is 30.3 Å². The van der Waals surface area contributed by atoms with Gasteiger partial charge in [0.05, 0.1) is 12.1 Å². The van der Waals surface area contributed by atoms with Crippen LogP contribution in [0.15, 0.2) is 54.6 Å². The first-order chi connectivity index (χ1) is 12.1. The summed E-state index contributed by atoms with van der Waals surface area (Å²) >= 11 is 0. The van der Waals surface area contributed by atoms with Crippen LogP contribution in [0.25, 0.3) is 0 Å². The van der Waals surface area contributed by atoms with Crippen molar-refractivity contribution in [2.75, 3.05) is 23.7 Å². The average molecular weight is 339 g/mol. The highest BCUT2D eigenvalue weighted by Gasteiger charge is 2.27. The van der Waals surface area contributed by atoms with Crippen molar-refractivity contribution in [3.63, 3.8) is 0 Å². The minimum Gasteiger partial charge on any atom is -0.390 e. The van der Waals surface area contributed by atoms with Crippen LogP contribution in [0.4, 0.5) is 11.4 Å². The molecule has 132 valence electrons. The Kier molecular flexibility index (Phi) is 5.68. The molecule has 2 atom stereocenters. The van der Waals surface area contributed by atoms with Gasteiger partial charge in [-0.2, -0.15) is 0 Å². The Labute approximate surface area is 148 Å². The van der Waals surface area contributed by atoms with Gasteiger partial charge in [-0.05, 0) is 36.2 Å². The van der Waals surface area contributed by atoms with Crippen molar-refractivity contribution in [1.29, 1.82) is 0 Å². The summed E-state index contributed by atoms with van der Waals surface area (Å²) in [5.41, 5.74) is 3.00. The summed E-state index contributed by atoms with van der Waals surface area (Å²) in [6.45, 7) is 3.98. The molecule has 2 aromatic carbocycles. The van der Waals surface area contributed by atoms with Gasteiger partial charge in [-0.25, -0.2) is 0 Å². The van der Waals surface area contributed by atoms with E-state index in [1.165, 1.54) is 12.5 Å². The molecule has 1 fully saturated rings. The lowest BCUT2D eigenvalue weighted by Gasteiger charge is -2.36. The second kappa shape index (κ2) is 8.14. The first-order valence-electron chi connectivity index (χ1n) is 8.69. The molecule has 0 spiro atoms. The zero-order valence-electron chi connectivity index (χ0n) is 14.5. The molecular formula is C20H25N3O2. The van der Waals surface area contributed by atoms with Gasteiger partial charge in [0.1, 0.15) is 0 Å². The van der Waals surface area contributed by atoms with Gasteiger partial charge in [0, 0.05) is 37.9 Å². The van der Waals surface area contributed by atoms with Gasteiger partial charge in [0.2, 0.25) is 5.91 Å². The van der Waals surface area contributed by atoms with E-state index < -0.39 is 6.10 Å². The van der Waals surface area contributed by atoms with Gasteiger partial charge in [-0.15, -0.1) is 0 Å². The molecule has 0 radical (unpaired) electrons. The highest BCUT2D eigenvalue weighted by molar-refractivity contribution is 5.88. The average Bonchev–Trinajstić information content (AvgIpc) is 2.59. The highest BCUT2D eigenvalue weighted by atomic mass is 16.3. The van der Waals surface area contributed by atoms with E-state index in [9.17, 15) is 9.90 Å². The maximum Gasteiger partial charge on any atom is 0.221 e. The maximum absolute atomic E-state index is 11.1. The van der Waals surface area contributed by atoms with Crippen LogP contribution in [-0.2, 0) is 11.3 Å². The third-order valence-electron chi connectivity index (χ3n) is 4.47. The predicted octanol–water partition coefficient (Wildman–Crippen LogP) is 2.69. The molecule has 0 bridgehead atoms. The molecule has 1 amide bonds. The number of anilines is 2. The van der Waals surface area contributed by atoms with Crippen molar-refractivity contribution in [3.8, 4) is 0 Å². The monoisotopic (exact) mass is 339 g/mol. The summed E-state index contributed by atoms with van der Waals surface area (Å²) in [6.07, 6.45) is 0.481. The number of carbonyl (C=O) groups is 1. The number of rotatable bonds is 5. The molecule has 1 aliphatic heterocycles. The number of carbonyl (C=O) groups excluding carboxylic acids is 1. The standard InChI is InChI=1S/C20H25N3O2/c1-15(24)21-17-7-9-18(10-8-17)22-19-11-12-23(14-20(19)25)13-16-5-3-2-4-6-16/h2-10,19-20,22,25H,11-14H2,1H3,(H,21,24)/t19-,20-/m0/s1. The fourth-order valence-corrected chi connectivity index (χ4v) is 3.22. The second-order valence-corrected chi connectivity index (χ2v) is 6.59. The van der Waals surface area contributed by atoms with Crippen molar-refractivity contribution < 1.29 is 9.90 Å². The number of hydrogen-bond acceptors (Lipinski definition) is 4. The Bertz CT molecular complexity index is 688. The number of likely N-dealkylation sites (tertiary alicyclic amines) is 1. The molecule has 3 rings (SSSR count). The van der Waals surface area contributed by atoms with Crippen LogP contribution in [-0.4, -0.2) is 41.1 Å². The molecular weight excluding hydrogens is 314 g/mol. The van der Waals surface area contributed by atoms with Crippen LogP contribution in [0.2, 0.25) is 0 Å². The molecule has 5 heteroatoms. The summed E-state index contributed by atoms with van der Waals surface area (Å²) in [5, 5.41) is 16.6. The Morgan fingerprint density at radius 2 is 1.80 bits per heavy atom. The minimum absolute atomic E-state index is 0.0404. The van der Waals surface area contributed by atoms with Crippen molar-refractivity contribution in [1.82, 2.24) is 4.90 Å². The third-order valence-corrected chi connectivity index (χ3v) is 4.47. The van der Waals surface area contributed by atoms with E-state index in [1.54, 1.807) is 0 Å². The topological polar surface area (TPSA) is 64.6 Å². The Balaban J connectivity index is 1.52. The predicted molar refractivity (Wildman–Crippen MR) is 100 cm³/mol. The van der Waals surface area contributed by atoms with Gasteiger partial charge in [0.15, 0.2) is 0 Å². The van der Waals surface area contributed by atoms with Crippen LogP contribution in [0.3, 0.4) is 0 Å². The first kappa shape index (κ1) is 17.5. The van der Waals surface area contributed by atoms with Crippen molar-refractivity contribution in [3.05, 3.63) is 60.2 Å². The van der Waals surface area contributed by atoms with Gasteiger partial charge in [-0.3, -0.25) is 9.69 Å². The number of piperidine rings is 1. The number of β-amino-alcohol motifs (C(OH)–C–C–N with tert-alkyl or cyclic N) is 1. The van der Waals surface area contributed by atoms with Crippen LogP contribution in [0, 0.1) is 0 Å². The first-order valence-corrected chi connectivity index (χ1v) is 8.69. The van der Waals surface area contributed by atoms with Gasteiger partial charge >= 0.3 is 0 Å². The Hall–Kier alpha value is -2.37.